The molecule has 0 radical (unpaired) electrons. The van der Waals surface area contributed by atoms with Crippen LogP contribution in [0.25, 0.3) is 16.9 Å². The second-order valence-electron chi connectivity index (χ2n) is 4.95. The van der Waals surface area contributed by atoms with Gasteiger partial charge in [0.25, 0.3) is 0 Å². The molecular formula is C16H16N4O2. The minimum atomic E-state index is -0.415. The van der Waals surface area contributed by atoms with E-state index in [9.17, 15) is 4.79 Å². The van der Waals surface area contributed by atoms with Gasteiger partial charge in [-0.2, -0.15) is 5.10 Å². The summed E-state index contributed by atoms with van der Waals surface area (Å²) < 4.78 is 6.86. The standard InChI is InChI=1S/C16H16N4O2/c1-4-22-16(21)13-14(12-5-7-17-8-6-12)19-20-11(3)9-10(2)18-15(13)20/h5-9H,4H2,1-3H3. The summed E-state index contributed by atoms with van der Waals surface area (Å²) in [4.78, 5) is 20.9. The number of nitrogens with zero attached hydrogens (tertiary/aromatic N) is 4. The summed E-state index contributed by atoms with van der Waals surface area (Å²) in [6.07, 6.45) is 3.33. The Hall–Kier alpha value is -2.76. The largest absolute Gasteiger partial charge is 0.462 e. The first-order valence-electron chi connectivity index (χ1n) is 7.06. The van der Waals surface area contributed by atoms with Gasteiger partial charge >= 0.3 is 5.97 Å². The van der Waals surface area contributed by atoms with Crippen molar-refractivity contribution < 1.29 is 9.53 Å². The molecule has 0 saturated heterocycles. The molecule has 3 aromatic heterocycles. The second kappa shape index (κ2) is 5.55. The molecule has 6 heteroatoms. The van der Waals surface area contributed by atoms with E-state index in [0.717, 1.165) is 17.0 Å². The summed E-state index contributed by atoms with van der Waals surface area (Å²) in [5.41, 5.74) is 4.01. The van der Waals surface area contributed by atoms with Crippen molar-refractivity contribution >= 4 is 11.6 Å². The zero-order chi connectivity index (χ0) is 15.7. The maximum absolute atomic E-state index is 12.4. The Morgan fingerprint density at radius 1 is 1.27 bits per heavy atom. The van der Waals surface area contributed by atoms with Gasteiger partial charge in [-0.15, -0.1) is 0 Å². The van der Waals surface area contributed by atoms with E-state index < -0.39 is 5.97 Å². The molecule has 0 amide bonds. The van der Waals surface area contributed by atoms with E-state index in [0.29, 0.717) is 23.5 Å². The SMILES string of the molecule is CCOC(=O)c1c(-c2ccncc2)nn2c(C)cc(C)nc12. The van der Waals surface area contributed by atoms with Crippen molar-refractivity contribution in [2.24, 2.45) is 0 Å². The summed E-state index contributed by atoms with van der Waals surface area (Å²) in [6, 6.07) is 5.55. The van der Waals surface area contributed by atoms with Crippen LogP contribution in [0.1, 0.15) is 28.7 Å². The lowest BCUT2D eigenvalue weighted by Crippen LogP contribution is -2.07. The number of rotatable bonds is 3. The van der Waals surface area contributed by atoms with Gasteiger partial charge in [0.15, 0.2) is 5.65 Å². The molecule has 112 valence electrons. The molecule has 0 unspecified atom stereocenters. The molecule has 6 nitrogen and oxygen atoms in total. The van der Waals surface area contributed by atoms with Gasteiger partial charge < -0.3 is 4.74 Å². The molecule has 0 spiro atoms. The first kappa shape index (κ1) is 14.2. The van der Waals surface area contributed by atoms with E-state index in [-0.39, 0.29) is 0 Å². The molecule has 3 aromatic rings. The van der Waals surface area contributed by atoms with E-state index in [4.69, 9.17) is 4.74 Å². The van der Waals surface area contributed by atoms with E-state index in [2.05, 4.69) is 15.1 Å². The maximum atomic E-state index is 12.4. The highest BCUT2D eigenvalue weighted by Gasteiger charge is 2.24. The number of carbonyl (C=O) groups is 1. The minimum Gasteiger partial charge on any atom is -0.462 e. The predicted molar refractivity (Wildman–Crippen MR) is 81.6 cm³/mol. The fourth-order valence-corrected chi connectivity index (χ4v) is 2.42. The molecule has 0 aliphatic carbocycles. The van der Waals surface area contributed by atoms with Gasteiger partial charge in [0.2, 0.25) is 0 Å². The number of aryl methyl sites for hydroxylation is 2. The van der Waals surface area contributed by atoms with Crippen LogP contribution in [0.2, 0.25) is 0 Å². The monoisotopic (exact) mass is 296 g/mol. The van der Waals surface area contributed by atoms with Gasteiger partial charge in [-0.25, -0.2) is 14.3 Å². The van der Waals surface area contributed by atoms with Crippen molar-refractivity contribution in [2.75, 3.05) is 6.61 Å². The third kappa shape index (κ3) is 2.32. The summed E-state index contributed by atoms with van der Waals surface area (Å²) in [7, 11) is 0. The fraction of sp³-hybridized carbons (Fsp3) is 0.250. The van der Waals surface area contributed by atoms with Crippen molar-refractivity contribution in [2.45, 2.75) is 20.8 Å². The molecule has 0 N–H and O–H groups in total. The second-order valence-corrected chi connectivity index (χ2v) is 4.95. The number of ether oxygens (including phenoxy) is 1. The minimum absolute atomic E-state index is 0.302. The Labute approximate surface area is 127 Å². The number of esters is 1. The van der Waals surface area contributed by atoms with Gasteiger partial charge in [-0.3, -0.25) is 4.98 Å². The van der Waals surface area contributed by atoms with Crippen molar-refractivity contribution in [1.29, 1.82) is 0 Å². The maximum Gasteiger partial charge on any atom is 0.344 e. The summed E-state index contributed by atoms with van der Waals surface area (Å²) in [5, 5.41) is 4.55. The Bertz CT molecular complexity index is 840. The lowest BCUT2D eigenvalue weighted by molar-refractivity contribution is 0.0529. The lowest BCUT2D eigenvalue weighted by Gasteiger charge is -2.03. The first-order chi connectivity index (χ1) is 10.6. The van der Waals surface area contributed by atoms with Crippen molar-refractivity contribution in [3.8, 4) is 11.3 Å². The van der Waals surface area contributed by atoms with E-state index in [1.54, 1.807) is 23.8 Å². The van der Waals surface area contributed by atoms with Crippen LogP contribution in [0.5, 0.6) is 0 Å². The van der Waals surface area contributed by atoms with Gasteiger partial charge in [-0.05, 0) is 39.0 Å². The highest BCUT2D eigenvalue weighted by Crippen LogP contribution is 2.26. The van der Waals surface area contributed by atoms with Gasteiger partial charge in [0, 0.05) is 29.3 Å². The van der Waals surface area contributed by atoms with Crippen LogP contribution in [0, 0.1) is 13.8 Å². The number of hydrogen-bond acceptors (Lipinski definition) is 5. The zero-order valence-electron chi connectivity index (χ0n) is 12.7. The molecule has 0 aromatic carbocycles. The first-order valence-corrected chi connectivity index (χ1v) is 7.06. The zero-order valence-corrected chi connectivity index (χ0v) is 12.7. The van der Waals surface area contributed by atoms with Crippen LogP contribution < -0.4 is 0 Å². The van der Waals surface area contributed by atoms with Crippen LogP contribution >= 0.6 is 0 Å². The van der Waals surface area contributed by atoms with Crippen LogP contribution in [0.3, 0.4) is 0 Å². The number of fused-ring (bicyclic) bond motifs is 1. The van der Waals surface area contributed by atoms with Gasteiger partial charge in [0.05, 0.1) is 6.61 Å². The molecule has 22 heavy (non-hydrogen) atoms. The molecule has 0 fully saturated rings. The summed E-state index contributed by atoms with van der Waals surface area (Å²) in [6.45, 7) is 5.90. The molecule has 0 aliphatic heterocycles. The average molecular weight is 296 g/mol. The molecule has 0 atom stereocenters. The Balaban J connectivity index is 2.33. The predicted octanol–water partition coefficient (Wildman–Crippen LogP) is 2.58. The van der Waals surface area contributed by atoms with E-state index in [1.807, 2.05) is 32.0 Å². The van der Waals surface area contributed by atoms with Crippen molar-refractivity contribution in [3.05, 3.63) is 47.5 Å². The average Bonchev–Trinajstić information content (AvgIpc) is 2.88. The fourth-order valence-electron chi connectivity index (χ4n) is 2.42. The van der Waals surface area contributed by atoms with Crippen LogP contribution in [0.4, 0.5) is 0 Å². The Morgan fingerprint density at radius 3 is 2.68 bits per heavy atom. The number of aromatic nitrogens is 4. The smallest absolute Gasteiger partial charge is 0.344 e. The number of pyridine rings is 1. The van der Waals surface area contributed by atoms with Crippen LogP contribution in [-0.2, 0) is 4.74 Å². The quantitative estimate of drug-likeness (QED) is 0.695. The number of hydrogen-bond donors (Lipinski definition) is 0. The lowest BCUT2D eigenvalue weighted by atomic mass is 10.1. The summed E-state index contributed by atoms with van der Waals surface area (Å²) in [5.74, 6) is -0.415. The normalized spacial score (nSPS) is 10.9. The van der Waals surface area contributed by atoms with Gasteiger partial charge in [0.1, 0.15) is 11.3 Å². The molecule has 3 rings (SSSR count). The van der Waals surface area contributed by atoms with E-state index in [1.165, 1.54) is 0 Å². The van der Waals surface area contributed by atoms with E-state index >= 15 is 0 Å². The third-order valence-corrected chi connectivity index (χ3v) is 3.33. The molecule has 0 bridgehead atoms. The van der Waals surface area contributed by atoms with Crippen molar-refractivity contribution in [1.82, 2.24) is 19.6 Å². The highest BCUT2D eigenvalue weighted by atomic mass is 16.5. The molecule has 0 saturated carbocycles. The highest BCUT2D eigenvalue weighted by molar-refractivity contribution is 6.02. The third-order valence-electron chi connectivity index (χ3n) is 3.33. The molecule has 3 heterocycles. The van der Waals surface area contributed by atoms with Crippen LogP contribution in [-0.4, -0.2) is 32.2 Å². The topological polar surface area (TPSA) is 69.4 Å². The number of carbonyl (C=O) groups excluding carboxylic acids is 1. The Kier molecular flexibility index (Phi) is 3.58. The molecular weight excluding hydrogens is 280 g/mol. The van der Waals surface area contributed by atoms with Crippen molar-refractivity contribution in [3.63, 3.8) is 0 Å². The summed E-state index contributed by atoms with van der Waals surface area (Å²) >= 11 is 0. The Morgan fingerprint density at radius 2 is 2.00 bits per heavy atom. The molecule has 0 aliphatic rings. The van der Waals surface area contributed by atoms with Gasteiger partial charge in [-0.1, -0.05) is 0 Å². The van der Waals surface area contributed by atoms with Crippen LogP contribution in [0.15, 0.2) is 30.6 Å².